The predicted octanol–water partition coefficient (Wildman–Crippen LogP) is 3.90. The van der Waals surface area contributed by atoms with Gasteiger partial charge in [-0.1, -0.05) is 12.1 Å². The van der Waals surface area contributed by atoms with E-state index in [1.54, 1.807) is 13.0 Å². The number of aromatic nitrogens is 1. The standard InChI is InChI=1S/C16H14F4N2O/c1-2-22(10-11-4-3-5-13(17)8-11)15(23)12-6-7-14(21-9-12)16(18,19)20/h3-9H,2,10H2,1H3. The van der Waals surface area contributed by atoms with Crippen LogP contribution < -0.4 is 0 Å². The maximum Gasteiger partial charge on any atom is 0.433 e. The van der Waals surface area contributed by atoms with Gasteiger partial charge in [-0.15, -0.1) is 0 Å². The minimum Gasteiger partial charge on any atom is -0.335 e. The Morgan fingerprint density at radius 3 is 2.48 bits per heavy atom. The van der Waals surface area contributed by atoms with Gasteiger partial charge >= 0.3 is 6.18 Å². The van der Waals surface area contributed by atoms with E-state index in [0.717, 1.165) is 18.3 Å². The van der Waals surface area contributed by atoms with Crippen LogP contribution in [0, 0.1) is 5.82 Å². The minimum atomic E-state index is -4.55. The maximum atomic E-state index is 13.2. The first kappa shape index (κ1) is 16.9. The molecule has 122 valence electrons. The molecule has 23 heavy (non-hydrogen) atoms. The number of benzene rings is 1. The van der Waals surface area contributed by atoms with Crippen molar-refractivity contribution in [3.63, 3.8) is 0 Å². The van der Waals surface area contributed by atoms with Gasteiger partial charge in [-0.3, -0.25) is 9.78 Å². The molecule has 0 aliphatic heterocycles. The Labute approximate surface area is 130 Å². The minimum absolute atomic E-state index is 0.0521. The van der Waals surface area contributed by atoms with Crippen molar-refractivity contribution in [3.05, 3.63) is 65.2 Å². The van der Waals surface area contributed by atoms with Crippen LogP contribution in [-0.4, -0.2) is 22.3 Å². The van der Waals surface area contributed by atoms with Crippen molar-refractivity contribution >= 4 is 5.91 Å². The van der Waals surface area contributed by atoms with E-state index in [0.29, 0.717) is 12.1 Å². The molecule has 7 heteroatoms. The smallest absolute Gasteiger partial charge is 0.335 e. The third kappa shape index (κ3) is 4.28. The van der Waals surface area contributed by atoms with Crippen molar-refractivity contribution in [1.29, 1.82) is 0 Å². The Kier molecular flexibility index (Phi) is 4.98. The van der Waals surface area contributed by atoms with Crippen LogP contribution >= 0.6 is 0 Å². The lowest BCUT2D eigenvalue weighted by Crippen LogP contribution is -2.30. The van der Waals surface area contributed by atoms with Gasteiger partial charge in [0.1, 0.15) is 11.5 Å². The molecule has 1 heterocycles. The first-order valence-electron chi connectivity index (χ1n) is 6.88. The van der Waals surface area contributed by atoms with Crippen molar-refractivity contribution in [2.75, 3.05) is 6.54 Å². The molecule has 0 aliphatic carbocycles. The van der Waals surface area contributed by atoms with Crippen molar-refractivity contribution in [3.8, 4) is 0 Å². The number of hydrogen-bond acceptors (Lipinski definition) is 2. The fourth-order valence-corrected chi connectivity index (χ4v) is 2.05. The molecule has 2 rings (SSSR count). The summed E-state index contributed by atoms with van der Waals surface area (Å²) in [4.78, 5) is 17.0. The highest BCUT2D eigenvalue weighted by atomic mass is 19.4. The second-order valence-corrected chi connectivity index (χ2v) is 4.88. The summed E-state index contributed by atoms with van der Waals surface area (Å²) in [6, 6.07) is 7.66. The third-order valence-electron chi connectivity index (χ3n) is 3.23. The summed E-state index contributed by atoms with van der Waals surface area (Å²) < 4.78 is 50.6. The highest BCUT2D eigenvalue weighted by molar-refractivity contribution is 5.93. The molecule has 1 amide bonds. The number of halogens is 4. The SMILES string of the molecule is CCN(Cc1cccc(F)c1)C(=O)c1ccc(C(F)(F)F)nc1. The van der Waals surface area contributed by atoms with E-state index in [2.05, 4.69) is 4.98 Å². The molecule has 0 fully saturated rings. The monoisotopic (exact) mass is 326 g/mol. The first-order chi connectivity index (χ1) is 10.8. The van der Waals surface area contributed by atoms with E-state index < -0.39 is 23.6 Å². The fourth-order valence-electron chi connectivity index (χ4n) is 2.05. The Balaban J connectivity index is 2.16. The van der Waals surface area contributed by atoms with E-state index in [9.17, 15) is 22.4 Å². The average molecular weight is 326 g/mol. The lowest BCUT2D eigenvalue weighted by Gasteiger charge is -2.21. The highest BCUT2D eigenvalue weighted by Crippen LogP contribution is 2.27. The Hall–Kier alpha value is -2.44. The Morgan fingerprint density at radius 2 is 1.96 bits per heavy atom. The van der Waals surface area contributed by atoms with Crippen LogP contribution in [0.15, 0.2) is 42.6 Å². The first-order valence-corrected chi connectivity index (χ1v) is 6.88. The zero-order valence-corrected chi connectivity index (χ0v) is 12.3. The lowest BCUT2D eigenvalue weighted by molar-refractivity contribution is -0.141. The van der Waals surface area contributed by atoms with Crippen molar-refractivity contribution in [1.82, 2.24) is 9.88 Å². The summed E-state index contributed by atoms with van der Waals surface area (Å²) in [5.41, 5.74) is -0.404. The van der Waals surface area contributed by atoms with Gasteiger partial charge in [0.05, 0.1) is 5.56 Å². The van der Waals surface area contributed by atoms with Crippen LogP contribution in [0.5, 0.6) is 0 Å². The molecule has 1 aromatic heterocycles. The number of pyridine rings is 1. The second kappa shape index (κ2) is 6.76. The molecule has 0 bridgehead atoms. The zero-order chi connectivity index (χ0) is 17.0. The van der Waals surface area contributed by atoms with E-state index in [-0.39, 0.29) is 12.1 Å². The molecule has 0 radical (unpaired) electrons. The van der Waals surface area contributed by atoms with Gasteiger partial charge in [0.25, 0.3) is 5.91 Å². The highest BCUT2D eigenvalue weighted by Gasteiger charge is 2.32. The van der Waals surface area contributed by atoms with Crippen LogP contribution in [-0.2, 0) is 12.7 Å². The van der Waals surface area contributed by atoms with Gasteiger partial charge in [0.2, 0.25) is 0 Å². The number of carbonyl (C=O) groups excluding carboxylic acids is 1. The molecule has 0 N–H and O–H groups in total. The summed E-state index contributed by atoms with van der Waals surface area (Å²) in [6.45, 7) is 2.22. The molecule has 0 aliphatic rings. The lowest BCUT2D eigenvalue weighted by atomic mass is 10.1. The summed E-state index contributed by atoms with van der Waals surface area (Å²) in [5.74, 6) is -0.875. The van der Waals surface area contributed by atoms with E-state index in [1.807, 2.05) is 0 Å². The van der Waals surface area contributed by atoms with Crippen LogP contribution in [0.25, 0.3) is 0 Å². The van der Waals surface area contributed by atoms with Crippen molar-refractivity contribution in [2.45, 2.75) is 19.6 Å². The molecule has 2 aromatic rings. The summed E-state index contributed by atoms with van der Waals surface area (Å²) in [5, 5.41) is 0. The number of amides is 1. The molecule has 0 atom stereocenters. The van der Waals surface area contributed by atoms with Gasteiger partial charge in [0, 0.05) is 19.3 Å². The van der Waals surface area contributed by atoms with Crippen molar-refractivity contribution < 1.29 is 22.4 Å². The molecule has 0 unspecified atom stereocenters. The fraction of sp³-hybridized carbons (Fsp3) is 0.250. The topological polar surface area (TPSA) is 33.2 Å². The van der Waals surface area contributed by atoms with Crippen molar-refractivity contribution in [2.24, 2.45) is 0 Å². The van der Waals surface area contributed by atoms with Crippen LogP contribution in [0.2, 0.25) is 0 Å². The molecule has 0 saturated carbocycles. The molecule has 1 aromatic carbocycles. The second-order valence-electron chi connectivity index (χ2n) is 4.88. The van der Waals surface area contributed by atoms with Gasteiger partial charge in [-0.05, 0) is 36.8 Å². The van der Waals surface area contributed by atoms with Crippen LogP contribution in [0.4, 0.5) is 17.6 Å². The molecule has 0 saturated heterocycles. The maximum absolute atomic E-state index is 13.2. The largest absolute Gasteiger partial charge is 0.433 e. The number of nitrogens with zero attached hydrogens (tertiary/aromatic N) is 2. The zero-order valence-electron chi connectivity index (χ0n) is 12.3. The Morgan fingerprint density at radius 1 is 1.22 bits per heavy atom. The number of alkyl halides is 3. The van der Waals surface area contributed by atoms with E-state index in [1.165, 1.54) is 23.1 Å². The predicted molar refractivity (Wildman–Crippen MR) is 76.1 cm³/mol. The van der Waals surface area contributed by atoms with Gasteiger partial charge < -0.3 is 4.90 Å². The van der Waals surface area contributed by atoms with E-state index in [4.69, 9.17) is 0 Å². The normalized spacial score (nSPS) is 11.3. The van der Waals surface area contributed by atoms with E-state index >= 15 is 0 Å². The van der Waals surface area contributed by atoms with Gasteiger partial charge in [-0.2, -0.15) is 13.2 Å². The van der Waals surface area contributed by atoms with Crippen LogP contribution in [0.1, 0.15) is 28.5 Å². The Bertz CT molecular complexity index is 683. The average Bonchev–Trinajstić information content (AvgIpc) is 2.51. The molecule has 3 nitrogen and oxygen atoms in total. The van der Waals surface area contributed by atoms with Gasteiger partial charge in [-0.25, -0.2) is 4.39 Å². The summed E-state index contributed by atoms with van der Waals surface area (Å²) in [6.07, 6.45) is -3.65. The molecule has 0 spiro atoms. The molecular weight excluding hydrogens is 312 g/mol. The summed E-state index contributed by atoms with van der Waals surface area (Å²) in [7, 11) is 0. The quantitative estimate of drug-likeness (QED) is 0.798. The van der Waals surface area contributed by atoms with Crippen LogP contribution in [0.3, 0.4) is 0 Å². The summed E-state index contributed by atoms with van der Waals surface area (Å²) >= 11 is 0. The van der Waals surface area contributed by atoms with Gasteiger partial charge in [0.15, 0.2) is 0 Å². The number of carbonyl (C=O) groups is 1. The number of rotatable bonds is 4. The third-order valence-corrected chi connectivity index (χ3v) is 3.23. The molecular formula is C16H14F4N2O. The number of hydrogen-bond donors (Lipinski definition) is 0.